The molecule has 2 rings (SSSR count). The molecule has 0 aromatic heterocycles. The van der Waals surface area contributed by atoms with Crippen LogP contribution in [0.15, 0.2) is 42.5 Å². The van der Waals surface area contributed by atoms with Crippen molar-refractivity contribution in [1.82, 2.24) is 5.32 Å². The minimum atomic E-state index is 0.301. The second-order valence-corrected chi connectivity index (χ2v) is 5.76. The van der Waals surface area contributed by atoms with Gasteiger partial charge in [-0.2, -0.15) is 0 Å². The summed E-state index contributed by atoms with van der Waals surface area (Å²) in [6.45, 7) is 5.10. The van der Waals surface area contributed by atoms with Crippen molar-refractivity contribution in [3.05, 3.63) is 69.2 Å². The Labute approximate surface area is 130 Å². The predicted octanol–water partition coefficient (Wildman–Crippen LogP) is 5.41. The van der Waals surface area contributed by atoms with Gasteiger partial charge < -0.3 is 5.32 Å². The zero-order valence-electron chi connectivity index (χ0n) is 11.8. The Balaban J connectivity index is 1.96. The molecule has 0 amide bonds. The molecule has 0 aliphatic carbocycles. The van der Waals surface area contributed by atoms with Crippen LogP contribution in [-0.2, 0) is 13.0 Å². The largest absolute Gasteiger partial charge is 0.306 e. The van der Waals surface area contributed by atoms with Crippen LogP contribution in [0.1, 0.15) is 36.6 Å². The molecular formula is C17H19Cl2N. The van der Waals surface area contributed by atoms with E-state index in [2.05, 4.69) is 43.4 Å². The van der Waals surface area contributed by atoms with Crippen LogP contribution >= 0.6 is 23.2 Å². The van der Waals surface area contributed by atoms with Gasteiger partial charge in [-0.3, -0.25) is 0 Å². The third kappa shape index (κ3) is 3.99. The molecule has 20 heavy (non-hydrogen) atoms. The monoisotopic (exact) mass is 307 g/mol. The average Bonchev–Trinajstić information content (AvgIpc) is 2.48. The lowest BCUT2D eigenvalue weighted by molar-refractivity contribution is 0.574. The van der Waals surface area contributed by atoms with E-state index in [1.807, 2.05) is 18.2 Å². The van der Waals surface area contributed by atoms with Gasteiger partial charge in [-0.05, 0) is 42.2 Å². The number of hydrogen-bond donors (Lipinski definition) is 1. The van der Waals surface area contributed by atoms with Crippen LogP contribution in [-0.4, -0.2) is 0 Å². The van der Waals surface area contributed by atoms with Crippen LogP contribution in [0.2, 0.25) is 10.0 Å². The molecule has 0 fully saturated rings. The first kappa shape index (κ1) is 15.4. The summed E-state index contributed by atoms with van der Waals surface area (Å²) in [4.78, 5) is 0. The Morgan fingerprint density at radius 2 is 1.60 bits per heavy atom. The summed E-state index contributed by atoms with van der Waals surface area (Å²) in [6.07, 6.45) is 1.07. The maximum atomic E-state index is 6.02. The van der Waals surface area contributed by atoms with Gasteiger partial charge in [0, 0.05) is 12.6 Å². The SMILES string of the molecule is CCc1ccc(C(C)NCc2ccc(Cl)c(Cl)c2)cc1. The van der Waals surface area contributed by atoms with Crippen LogP contribution in [0.25, 0.3) is 0 Å². The molecule has 0 spiro atoms. The maximum Gasteiger partial charge on any atom is 0.0595 e. The Morgan fingerprint density at radius 3 is 2.20 bits per heavy atom. The molecule has 1 nitrogen and oxygen atoms in total. The Kier molecular flexibility index (Phi) is 5.47. The lowest BCUT2D eigenvalue weighted by Crippen LogP contribution is -2.18. The van der Waals surface area contributed by atoms with Gasteiger partial charge in [0.1, 0.15) is 0 Å². The highest BCUT2D eigenvalue weighted by molar-refractivity contribution is 6.42. The molecular weight excluding hydrogens is 289 g/mol. The minimum absolute atomic E-state index is 0.301. The van der Waals surface area contributed by atoms with Gasteiger partial charge >= 0.3 is 0 Å². The van der Waals surface area contributed by atoms with Gasteiger partial charge in [-0.1, -0.05) is 60.5 Å². The summed E-state index contributed by atoms with van der Waals surface area (Å²) in [5, 5.41) is 4.70. The fourth-order valence-corrected chi connectivity index (χ4v) is 2.40. The summed E-state index contributed by atoms with van der Waals surface area (Å²) < 4.78 is 0. The van der Waals surface area contributed by atoms with Crippen molar-refractivity contribution in [3.8, 4) is 0 Å². The van der Waals surface area contributed by atoms with E-state index < -0.39 is 0 Å². The van der Waals surface area contributed by atoms with Crippen molar-refractivity contribution in [2.24, 2.45) is 0 Å². The van der Waals surface area contributed by atoms with Crippen LogP contribution in [0, 0.1) is 0 Å². The Hall–Kier alpha value is -1.02. The zero-order valence-corrected chi connectivity index (χ0v) is 13.3. The second-order valence-electron chi connectivity index (χ2n) is 4.95. The third-order valence-electron chi connectivity index (χ3n) is 3.48. The van der Waals surface area contributed by atoms with Crippen molar-refractivity contribution in [3.63, 3.8) is 0 Å². The van der Waals surface area contributed by atoms with E-state index in [4.69, 9.17) is 23.2 Å². The Morgan fingerprint density at radius 1 is 0.950 bits per heavy atom. The van der Waals surface area contributed by atoms with Crippen molar-refractivity contribution in [2.75, 3.05) is 0 Å². The highest BCUT2D eigenvalue weighted by Crippen LogP contribution is 2.23. The van der Waals surface area contributed by atoms with Gasteiger partial charge in [0.15, 0.2) is 0 Å². The van der Waals surface area contributed by atoms with E-state index >= 15 is 0 Å². The van der Waals surface area contributed by atoms with Crippen molar-refractivity contribution < 1.29 is 0 Å². The van der Waals surface area contributed by atoms with Crippen LogP contribution in [0.3, 0.4) is 0 Å². The zero-order chi connectivity index (χ0) is 14.5. The molecule has 1 unspecified atom stereocenters. The van der Waals surface area contributed by atoms with Gasteiger partial charge in [-0.25, -0.2) is 0 Å². The predicted molar refractivity (Wildman–Crippen MR) is 87.5 cm³/mol. The molecule has 1 atom stereocenters. The van der Waals surface area contributed by atoms with E-state index in [1.54, 1.807) is 0 Å². The number of benzene rings is 2. The average molecular weight is 308 g/mol. The maximum absolute atomic E-state index is 6.02. The summed E-state index contributed by atoms with van der Waals surface area (Å²) in [6, 6.07) is 14.8. The molecule has 3 heteroatoms. The molecule has 2 aromatic carbocycles. The van der Waals surface area contributed by atoms with E-state index in [9.17, 15) is 0 Å². The standard InChI is InChI=1S/C17H19Cl2N/c1-3-13-4-7-15(8-5-13)12(2)20-11-14-6-9-16(18)17(19)10-14/h4-10,12,20H,3,11H2,1-2H3. The van der Waals surface area contributed by atoms with Crippen molar-refractivity contribution >= 4 is 23.2 Å². The third-order valence-corrected chi connectivity index (χ3v) is 4.22. The van der Waals surface area contributed by atoms with Crippen LogP contribution in [0.4, 0.5) is 0 Å². The molecule has 0 aliphatic heterocycles. The normalized spacial score (nSPS) is 12.4. The fraction of sp³-hybridized carbons (Fsp3) is 0.294. The summed E-state index contributed by atoms with van der Waals surface area (Å²) in [5.41, 5.74) is 3.80. The summed E-state index contributed by atoms with van der Waals surface area (Å²) in [5.74, 6) is 0. The number of rotatable bonds is 5. The Bertz CT molecular complexity index is 564. The molecule has 0 heterocycles. The molecule has 0 saturated heterocycles. The molecule has 2 aromatic rings. The van der Waals surface area contributed by atoms with Gasteiger partial charge in [0.25, 0.3) is 0 Å². The lowest BCUT2D eigenvalue weighted by atomic mass is 10.0. The number of halogens is 2. The minimum Gasteiger partial charge on any atom is -0.306 e. The highest BCUT2D eigenvalue weighted by atomic mass is 35.5. The van der Waals surface area contributed by atoms with Gasteiger partial charge in [0.2, 0.25) is 0 Å². The van der Waals surface area contributed by atoms with Crippen molar-refractivity contribution in [2.45, 2.75) is 32.9 Å². The first-order valence-corrected chi connectivity index (χ1v) is 7.62. The first-order chi connectivity index (χ1) is 9.60. The van der Waals surface area contributed by atoms with Crippen molar-refractivity contribution in [1.29, 1.82) is 0 Å². The smallest absolute Gasteiger partial charge is 0.0595 e. The molecule has 0 aliphatic rings. The molecule has 0 saturated carbocycles. The molecule has 1 N–H and O–H groups in total. The fourth-order valence-electron chi connectivity index (χ4n) is 2.08. The summed E-state index contributed by atoms with van der Waals surface area (Å²) in [7, 11) is 0. The van der Waals surface area contributed by atoms with E-state index in [0.29, 0.717) is 16.1 Å². The van der Waals surface area contributed by atoms with Crippen LogP contribution in [0.5, 0.6) is 0 Å². The first-order valence-electron chi connectivity index (χ1n) is 6.86. The van der Waals surface area contributed by atoms with E-state index in [0.717, 1.165) is 18.5 Å². The number of nitrogens with one attached hydrogen (secondary N) is 1. The van der Waals surface area contributed by atoms with Crippen LogP contribution < -0.4 is 5.32 Å². The highest BCUT2D eigenvalue weighted by Gasteiger charge is 2.05. The van der Waals surface area contributed by atoms with E-state index in [-0.39, 0.29) is 0 Å². The molecule has 0 radical (unpaired) electrons. The topological polar surface area (TPSA) is 12.0 Å². The number of hydrogen-bond acceptors (Lipinski definition) is 1. The molecule has 0 bridgehead atoms. The van der Waals surface area contributed by atoms with E-state index in [1.165, 1.54) is 11.1 Å². The van der Waals surface area contributed by atoms with Gasteiger partial charge in [0.05, 0.1) is 10.0 Å². The number of aryl methyl sites for hydroxylation is 1. The molecule has 106 valence electrons. The van der Waals surface area contributed by atoms with Gasteiger partial charge in [-0.15, -0.1) is 0 Å². The quantitative estimate of drug-likeness (QED) is 0.779. The second kappa shape index (κ2) is 7.12. The lowest BCUT2D eigenvalue weighted by Gasteiger charge is -2.15. The summed E-state index contributed by atoms with van der Waals surface area (Å²) >= 11 is 11.9.